The van der Waals surface area contributed by atoms with E-state index in [1.165, 1.54) is 6.07 Å². The Balaban J connectivity index is 1.98. The molecular weight excluding hydrogens is 267 g/mol. The molecule has 0 spiro atoms. The van der Waals surface area contributed by atoms with Crippen LogP contribution in [0, 0.1) is 5.82 Å². The van der Waals surface area contributed by atoms with Gasteiger partial charge >= 0.3 is 0 Å². The van der Waals surface area contributed by atoms with Gasteiger partial charge in [0.05, 0.1) is 5.52 Å². The molecule has 0 aliphatic rings. The summed E-state index contributed by atoms with van der Waals surface area (Å²) in [6.45, 7) is 0.192. The first kappa shape index (κ1) is 13.5. The molecule has 1 heterocycles. The Bertz CT molecular complexity index is 755. The van der Waals surface area contributed by atoms with E-state index in [0.29, 0.717) is 11.3 Å². The molecule has 2 N–H and O–H groups in total. The van der Waals surface area contributed by atoms with Crippen LogP contribution in [-0.4, -0.2) is 11.5 Å². The van der Waals surface area contributed by atoms with Gasteiger partial charge in [-0.25, -0.2) is 4.39 Å². The summed E-state index contributed by atoms with van der Waals surface area (Å²) in [5.41, 5.74) is 7.05. The maximum atomic E-state index is 13.9. The van der Waals surface area contributed by atoms with Crippen molar-refractivity contribution in [1.29, 1.82) is 0 Å². The summed E-state index contributed by atoms with van der Waals surface area (Å²) < 4.78 is 19.8. The lowest BCUT2D eigenvalue weighted by molar-refractivity contribution is 0.212. The molecule has 0 saturated heterocycles. The largest absolute Gasteiger partial charge is 0.484 e. The van der Waals surface area contributed by atoms with Gasteiger partial charge in [-0.2, -0.15) is 0 Å². The van der Waals surface area contributed by atoms with E-state index in [2.05, 4.69) is 4.98 Å². The molecule has 1 aromatic heterocycles. The monoisotopic (exact) mass is 282 g/mol. The second-order valence-electron chi connectivity index (χ2n) is 4.69. The van der Waals surface area contributed by atoms with Crippen molar-refractivity contribution in [2.45, 2.75) is 6.10 Å². The van der Waals surface area contributed by atoms with E-state index < -0.39 is 6.10 Å². The quantitative estimate of drug-likeness (QED) is 0.797. The summed E-state index contributed by atoms with van der Waals surface area (Å²) >= 11 is 0. The smallest absolute Gasteiger partial charge is 0.139 e. The summed E-state index contributed by atoms with van der Waals surface area (Å²) in [5.74, 6) is 0.339. The third-order valence-corrected chi connectivity index (χ3v) is 3.34. The molecule has 3 aromatic rings. The van der Waals surface area contributed by atoms with Crippen molar-refractivity contribution in [2.24, 2.45) is 5.73 Å². The molecule has 106 valence electrons. The maximum absolute atomic E-state index is 13.9. The second-order valence-corrected chi connectivity index (χ2v) is 4.69. The number of nitrogens with two attached hydrogens (primary N) is 1. The van der Waals surface area contributed by atoms with Crippen molar-refractivity contribution < 1.29 is 9.13 Å². The topological polar surface area (TPSA) is 48.1 Å². The summed E-state index contributed by atoms with van der Waals surface area (Å²) in [7, 11) is 0. The average Bonchev–Trinajstić information content (AvgIpc) is 2.53. The van der Waals surface area contributed by atoms with Gasteiger partial charge in [0, 0.05) is 23.7 Å². The molecule has 1 unspecified atom stereocenters. The predicted octanol–water partition coefficient (Wildman–Crippen LogP) is 3.45. The molecule has 0 aliphatic carbocycles. The molecule has 0 bridgehead atoms. The molecule has 21 heavy (non-hydrogen) atoms. The van der Waals surface area contributed by atoms with Gasteiger partial charge in [0.15, 0.2) is 0 Å². The van der Waals surface area contributed by atoms with Crippen molar-refractivity contribution in [3.05, 3.63) is 72.2 Å². The fourth-order valence-corrected chi connectivity index (χ4v) is 2.31. The van der Waals surface area contributed by atoms with E-state index in [4.69, 9.17) is 10.5 Å². The zero-order valence-electron chi connectivity index (χ0n) is 11.4. The van der Waals surface area contributed by atoms with Crippen LogP contribution >= 0.6 is 0 Å². The number of hydrogen-bond acceptors (Lipinski definition) is 3. The molecular formula is C17H15FN2O. The van der Waals surface area contributed by atoms with Crippen LogP contribution in [0.5, 0.6) is 5.75 Å². The molecule has 3 nitrogen and oxygen atoms in total. The Labute approximate surface area is 122 Å². The summed E-state index contributed by atoms with van der Waals surface area (Å²) in [5, 5.41) is 0.884. The predicted molar refractivity (Wildman–Crippen MR) is 80.6 cm³/mol. The highest BCUT2D eigenvalue weighted by Crippen LogP contribution is 2.29. The van der Waals surface area contributed by atoms with Crippen LogP contribution in [0.1, 0.15) is 11.7 Å². The third kappa shape index (κ3) is 2.71. The van der Waals surface area contributed by atoms with Gasteiger partial charge in [0.25, 0.3) is 0 Å². The number of fused-ring (bicyclic) bond motifs is 1. The van der Waals surface area contributed by atoms with Crippen LogP contribution in [-0.2, 0) is 0 Å². The summed E-state index contributed by atoms with van der Waals surface area (Å²) in [6, 6.07) is 15.9. The van der Waals surface area contributed by atoms with Gasteiger partial charge in [0.2, 0.25) is 0 Å². The van der Waals surface area contributed by atoms with Gasteiger partial charge in [-0.05, 0) is 30.3 Å². The highest BCUT2D eigenvalue weighted by atomic mass is 19.1. The number of aromatic nitrogens is 1. The maximum Gasteiger partial charge on any atom is 0.139 e. The van der Waals surface area contributed by atoms with Crippen LogP contribution in [0.2, 0.25) is 0 Å². The van der Waals surface area contributed by atoms with Crippen LogP contribution < -0.4 is 10.5 Å². The van der Waals surface area contributed by atoms with E-state index in [0.717, 1.165) is 10.9 Å². The van der Waals surface area contributed by atoms with Crippen molar-refractivity contribution in [1.82, 2.24) is 4.98 Å². The first-order valence-corrected chi connectivity index (χ1v) is 6.74. The van der Waals surface area contributed by atoms with Crippen molar-refractivity contribution in [3.8, 4) is 5.75 Å². The van der Waals surface area contributed by atoms with Crippen LogP contribution in [0.3, 0.4) is 0 Å². The van der Waals surface area contributed by atoms with E-state index in [9.17, 15) is 4.39 Å². The molecule has 0 saturated carbocycles. The molecule has 1 atom stereocenters. The first-order chi connectivity index (χ1) is 10.3. The number of rotatable bonds is 4. The highest BCUT2D eigenvalue weighted by molar-refractivity contribution is 5.84. The Morgan fingerprint density at radius 1 is 1.05 bits per heavy atom. The molecule has 0 radical (unpaired) electrons. The number of ether oxygens (including phenoxy) is 1. The zero-order valence-corrected chi connectivity index (χ0v) is 11.4. The minimum Gasteiger partial charge on any atom is -0.484 e. The lowest BCUT2D eigenvalue weighted by atomic mass is 10.1. The van der Waals surface area contributed by atoms with Crippen LogP contribution in [0.4, 0.5) is 4.39 Å². The summed E-state index contributed by atoms with van der Waals surface area (Å²) in [6.07, 6.45) is 1.20. The van der Waals surface area contributed by atoms with Gasteiger partial charge in [-0.3, -0.25) is 4.98 Å². The SMILES string of the molecule is NCC(Oc1cccc2ncccc12)c1ccccc1F. The Morgan fingerprint density at radius 3 is 2.71 bits per heavy atom. The second kappa shape index (κ2) is 5.89. The van der Waals surface area contributed by atoms with Crippen molar-refractivity contribution >= 4 is 10.9 Å². The molecule has 4 heteroatoms. The average molecular weight is 282 g/mol. The van der Waals surface area contributed by atoms with E-state index in [1.54, 1.807) is 24.4 Å². The minimum atomic E-state index is -0.531. The summed E-state index contributed by atoms with van der Waals surface area (Å²) in [4.78, 5) is 4.28. The number of benzene rings is 2. The highest BCUT2D eigenvalue weighted by Gasteiger charge is 2.16. The van der Waals surface area contributed by atoms with Crippen LogP contribution in [0.25, 0.3) is 10.9 Å². The fourth-order valence-electron chi connectivity index (χ4n) is 2.31. The minimum absolute atomic E-state index is 0.192. The van der Waals surface area contributed by atoms with E-state index >= 15 is 0 Å². The number of halogens is 1. The molecule has 0 aliphatic heterocycles. The van der Waals surface area contributed by atoms with Gasteiger partial charge < -0.3 is 10.5 Å². The zero-order chi connectivity index (χ0) is 14.7. The van der Waals surface area contributed by atoms with Crippen molar-refractivity contribution in [3.63, 3.8) is 0 Å². The lowest BCUT2D eigenvalue weighted by Gasteiger charge is -2.19. The fraction of sp³-hybridized carbons (Fsp3) is 0.118. The number of hydrogen-bond donors (Lipinski definition) is 1. The van der Waals surface area contributed by atoms with Crippen LogP contribution in [0.15, 0.2) is 60.8 Å². The number of pyridine rings is 1. The van der Waals surface area contributed by atoms with Crippen molar-refractivity contribution in [2.75, 3.05) is 6.54 Å². The Kier molecular flexibility index (Phi) is 3.79. The molecule has 0 fully saturated rings. The standard InChI is InChI=1S/C17H15FN2O/c18-14-7-2-1-5-12(14)17(11-19)21-16-9-3-8-15-13(16)6-4-10-20-15/h1-10,17H,11,19H2. The Hall–Kier alpha value is -2.46. The molecule has 2 aromatic carbocycles. The van der Waals surface area contributed by atoms with E-state index in [-0.39, 0.29) is 12.4 Å². The lowest BCUT2D eigenvalue weighted by Crippen LogP contribution is -2.19. The van der Waals surface area contributed by atoms with E-state index in [1.807, 2.05) is 30.3 Å². The van der Waals surface area contributed by atoms with Gasteiger partial charge in [-0.15, -0.1) is 0 Å². The normalized spacial score (nSPS) is 12.3. The molecule has 3 rings (SSSR count). The number of nitrogens with zero attached hydrogens (tertiary/aromatic N) is 1. The first-order valence-electron chi connectivity index (χ1n) is 6.74. The third-order valence-electron chi connectivity index (χ3n) is 3.34. The molecule has 0 amide bonds. The van der Waals surface area contributed by atoms with Gasteiger partial charge in [0.1, 0.15) is 17.7 Å². The Morgan fingerprint density at radius 2 is 1.90 bits per heavy atom. The van der Waals surface area contributed by atoms with Gasteiger partial charge in [-0.1, -0.05) is 24.3 Å².